The summed E-state index contributed by atoms with van der Waals surface area (Å²) >= 11 is 0. The number of fused-ring (bicyclic) bond motifs is 7. The van der Waals surface area contributed by atoms with Gasteiger partial charge < -0.3 is 9.80 Å². The van der Waals surface area contributed by atoms with Crippen LogP contribution in [0.5, 0.6) is 0 Å². The van der Waals surface area contributed by atoms with Gasteiger partial charge in [-0.2, -0.15) is 0 Å². The van der Waals surface area contributed by atoms with Crippen molar-refractivity contribution in [3.05, 3.63) is 390 Å². The minimum absolute atomic E-state index is 0.114. The molecule has 3 aliphatic rings. The second-order valence-electron chi connectivity index (χ2n) is 37.3. The summed E-state index contributed by atoms with van der Waals surface area (Å²) in [5.74, 6) is 0. The third-order valence-electron chi connectivity index (χ3n) is 24.6. The van der Waals surface area contributed by atoms with Crippen molar-refractivity contribution in [2.24, 2.45) is 0 Å². The molecule has 0 aromatic heterocycles. The van der Waals surface area contributed by atoms with E-state index in [9.17, 15) is 0 Å². The van der Waals surface area contributed by atoms with Gasteiger partial charge in [0.1, 0.15) is 0 Å². The average molecular weight is 1470 g/mol. The lowest BCUT2D eigenvalue weighted by Crippen LogP contribution is -2.61. The van der Waals surface area contributed by atoms with Crippen molar-refractivity contribution in [2.75, 3.05) is 9.80 Å². The molecule has 0 unspecified atom stereocenters. The van der Waals surface area contributed by atoms with Gasteiger partial charge in [0.2, 0.25) is 0 Å². The molecule has 18 rings (SSSR count). The molecule has 3 heteroatoms. The van der Waals surface area contributed by atoms with E-state index in [1.165, 1.54) is 105 Å². The fourth-order valence-electron chi connectivity index (χ4n) is 18.5. The topological polar surface area (TPSA) is 6.48 Å². The maximum atomic E-state index is 2.78. The lowest BCUT2D eigenvalue weighted by atomic mass is 9.33. The van der Waals surface area contributed by atoms with Crippen LogP contribution in [0, 0.1) is 0 Å². The van der Waals surface area contributed by atoms with Crippen LogP contribution in [0.4, 0.5) is 34.1 Å². The molecular weight excluding hydrogens is 1370 g/mol. The molecule has 558 valence electrons. The second-order valence-corrected chi connectivity index (χ2v) is 37.3. The minimum Gasteiger partial charge on any atom is -0.310 e. The maximum absolute atomic E-state index is 2.78. The van der Waals surface area contributed by atoms with Gasteiger partial charge in [-0.1, -0.05) is 407 Å². The number of benzene rings is 15. The SMILES string of the molecule is CC(C)(C)c1cc(-c2ccc3c(c2)B2c4ccc(-c5cc(C(C)(C)C)cc(C(C)(C)C)c5)cc4N(c4c(-c5ccccc5)cc(C(C)(C)C)cc4-c4ccccc4)c4cc(-c5cccc6c5C(c5ccccc5)(c5ccccc5)c5ccccc5-6)cc(c42)N3c2c(-c3ccccc3)cccc2-c2ccccc2)cc(C(C)(C)C)c1. The molecule has 2 aliphatic heterocycles. The molecule has 0 atom stereocenters. The highest BCUT2D eigenvalue weighted by Gasteiger charge is 2.50. The predicted octanol–water partition coefficient (Wildman–Crippen LogP) is 28.3. The quantitative estimate of drug-likeness (QED) is 0.119. The molecule has 0 fully saturated rings. The van der Waals surface area contributed by atoms with Crippen LogP contribution in [0.25, 0.3) is 89.0 Å². The Bertz CT molecular complexity index is 5990. The van der Waals surface area contributed by atoms with Crippen LogP contribution < -0.4 is 26.2 Å². The van der Waals surface area contributed by atoms with E-state index >= 15 is 0 Å². The first-order valence-corrected chi connectivity index (χ1v) is 41.0. The highest BCUT2D eigenvalue weighted by atomic mass is 15.2. The largest absolute Gasteiger partial charge is 0.310 e. The summed E-state index contributed by atoms with van der Waals surface area (Å²) < 4.78 is 0. The number of para-hydroxylation sites is 1. The van der Waals surface area contributed by atoms with Crippen molar-refractivity contribution < 1.29 is 0 Å². The molecule has 2 heterocycles. The Balaban J connectivity index is 1.07. The smallest absolute Gasteiger partial charge is 0.252 e. The van der Waals surface area contributed by atoms with Gasteiger partial charge in [-0.15, -0.1) is 0 Å². The minimum atomic E-state index is -0.737. The van der Waals surface area contributed by atoms with Crippen LogP contribution in [-0.2, 0) is 32.5 Å². The van der Waals surface area contributed by atoms with E-state index in [1.54, 1.807) is 0 Å². The first-order chi connectivity index (χ1) is 54.7. The fraction of sp³-hybridized carbons (Fsp3) is 0.189. The van der Waals surface area contributed by atoms with E-state index in [-0.39, 0.29) is 33.8 Å². The summed E-state index contributed by atoms with van der Waals surface area (Å²) in [5.41, 5.74) is 39.3. The molecule has 15 aromatic carbocycles. The molecule has 15 aromatic rings. The molecule has 0 bridgehead atoms. The number of anilines is 6. The number of rotatable bonds is 11. The van der Waals surface area contributed by atoms with Gasteiger partial charge in [0, 0.05) is 45.0 Å². The normalized spacial score (nSPS) is 13.6. The van der Waals surface area contributed by atoms with E-state index in [0.717, 1.165) is 84.2 Å². The standard InChI is InChI=1S/C111H101BN2/c1-106(2,3)83-60-78(61-84(68-83)107(4,5)6)76-57-59-98-97(64-76)112-96-58-56-77(79-62-85(108(7,8)9)69-86(63-79)109(10,11)12)65-99(96)114(105-93(74-42-26-18-27-43-74)70-87(110(13,14)15)71-94(105)75-44-28-19-29-45-75)101-67-80(66-100(103(101)112)113(98)104-89(72-38-22-16-23-39-72)52-37-53-90(104)73-40-24-17-25-41-73)88-51-36-54-92-91-50-34-35-55-95(91)111(102(88)92,81-46-30-20-31-47-81)82-48-32-21-33-49-82/h16-71H,1-15H3. The molecule has 0 saturated carbocycles. The molecule has 0 N–H and O–H groups in total. The van der Waals surface area contributed by atoms with E-state index in [4.69, 9.17) is 0 Å². The Hall–Kier alpha value is -12.0. The van der Waals surface area contributed by atoms with E-state index < -0.39 is 5.41 Å². The van der Waals surface area contributed by atoms with Gasteiger partial charge >= 0.3 is 0 Å². The molecule has 0 amide bonds. The van der Waals surface area contributed by atoms with Crippen LogP contribution in [0.15, 0.2) is 340 Å². The molecule has 114 heavy (non-hydrogen) atoms. The van der Waals surface area contributed by atoms with Crippen LogP contribution in [0.2, 0.25) is 0 Å². The third kappa shape index (κ3) is 12.6. The Labute approximate surface area is 677 Å². The Morgan fingerprint density at radius 1 is 0.219 bits per heavy atom. The van der Waals surface area contributed by atoms with Crippen LogP contribution in [0.1, 0.15) is 154 Å². The van der Waals surface area contributed by atoms with Crippen LogP contribution in [-0.4, -0.2) is 6.71 Å². The number of nitrogens with zero attached hydrogens (tertiary/aromatic N) is 2. The highest BCUT2D eigenvalue weighted by Crippen LogP contribution is 2.61. The second kappa shape index (κ2) is 27.7. The Morgan fingerprint density at radius 2 is 0.561 bits per heavy atom. The van der Waals surface area contributed by atoms with E-state index in [2.05, 4.69) is 453 Å². The molecule has 2 nitrogen and oxygen atoms in total. The summed E-state index contributed by atoms with van der Waals surface area (Å²) in [5, 5.41) is 0. The zero-order valence-corrected chi connectivity index (χ0v) is 68.8. The maximum Gasteiger partial charge on any atom is 0.252 e. The zero-order valence-electron chi connectivity index (χ0n) is 68.8. The third-order valence-corrected chi connectivity index (χ3v) is 24.6. The molecule has 0 saturated heterocycles. The van der Waals surface area contributed by atoms with Gasteiger partial charge in [-0.25, -0.2) is 0 Å². The van der Waals surface area contributed by atoms with E-state index in [0.29, 0.717) is 0 Å². The lowest BCUT2D eigenvalue weighted by Gasteiger charge is -2.46. The number of hydrogen-bond acceptors (Lipinski definition) is 2. The fourth-order valence-corrected chi connectivity index (χ4v) is 18.5. The lowest BCUT2D eigenvalue weighted by molar-refractivity contribution is 0.568. The zero-order chi connectivity index (χ0) is 79.0. The monoisotopic (exact) mass is 1470 g/mol. The van der Waals surface area contributed by atoms with Gasteiger partial charge in [-0.05, 0) is 197 Å². The molecule has 0 spiro atoms. The van der Waals surface area contributed by atoms with Crippen molar-refractivity contribution in [3.63, 3.8) is 0 Å². The molecule has 0 radical (unpaired) electrons. The summed E-state index contributed by atoms with van der Waals surface area (Å²) in [6.07, 6.45) is 0. The summed E-state index contributed by atoms with van der Waals surface area (Å²) in [6, 6.07) is 132. The van der Waals surface area contributed by atoms with Crippen LogP contribution >= 0.6 is 0 Å². The van der Waals surface area contributed by atoms with Crippen molar-refractivity contribution in [1.29, 1.82) is 0 Å². The Morgan fingerprint density at radius 3 is 1.01 bits per heavy atom. The first-order valence-electron chi connectivity index (χ1n) is 41.0. The van der Waals surface area contributed by atoms with Crippen molar-refractivity contribution in [1.82, 2.24) is 0 Å². The number of hydrogen-bond donors (Lipinski definition) is 0. The van der Waals surface area contributed by atoms with E-state index in [1.807, 2.05) is 0 Å². The van der Waals surface area contributed by atoms with Crippen LogP contribution in [0.3, 0.4) is 0 Å². The summed E-state index contributed by atoms with van der Waals surface area (Å²) in [7, 11) is 0. The van der Waals surface area contributed by atoms with Crippen molar-refractivity contribution in [3.8, 4) is 89.0 Å². The van der Waals surface area contributed by atoms with Crippen molar-refractivity contribution in [2.45, 2.75) is 136 Å². The van der Waals surface area contributed by atoms with Gasteiger partial charge in [0.05, 0.1) is 16.8 Å². The van der Waals surface area contributed by atoms with Gasteiger partial charge in [0.25, 0.3) is 6.71 Å². The van der Waals surface area contributed by atoms with Gasteiger partial charge in [-0.3, -0.25) is 0 Å². The van der Waals surface area contributed by atoms with Gasteiger partial charge in [0.15, 0.2) is 0 Å². The molecule has 1 aliphatic carbocycles. The summed E-state index contributed by atoms with van der Waals surface area (Å²) in [6.45, 7) is 35.2. The Kier molecular flexibility index (Phi) is 17.8. The predicted molar refractivity (Wildman–Crippen MR) is 489 cm³/mol. The summed E-state index contributed by atoms with van der Waals surface area (Å²) in [4.78, 5) is 5.51. The van der Waals surface area contributed by atoms with Crippen molar-refractivity contribution >= 4 is 57.2 Å². The molecular formula is C111H101BN2. The average Bonchev–Trinajstić information content (AvgIpc) is 0.815. The first kappa shape index (κ1) is 73.4. The highest BCUT2D eigenvalue weighted by molar-refractivity contribution is 7.00.